The van der Waals surface area contributed by atoms with E-state index in [9.17, 15) is 13.2 Å². The van der Waals surface area contributed by atoms with Crippen molar-refractivity contribution in [3.63, 3.8) is 0 Å². The highest BCUT2D eigenvalue weighted by Gasteiger charge is 2.17. The zero-order valence-electron chi connectivity index (χ0n) is 11.0. The number of hydrogen-bond donors (Lipinski definition) is 0. The maximum absolute atomic E-state index is 11.6. The fourth-order valence-electron chi connectivity index (χ4n) is 1.37. The molecule has 0 heterocycles. The second-order valence-corrected chi connectivity index (χ2v) is 6.07. The Morgan fingerprint density at radius 2 is 1.95 bits per heavy atom. The summed E-state index contributed by atoms with van der Waals surface area (Å²) in [6.07, 6.45) is 0. The van der Waals surface area contributed by atoms with Crippen molar-refractivity contribution in [1.82, 2.24) is 0 Å². The Kier molecular flexibility index (Phi) is 6.00. The van der Waals surface area contributed by atoms with Gasteiger partial charge in [-0.15, -0.1) is 0 Å². The van der Waals surface area contributed by atoms with Gasteiger partial charge in [0.05, 0.1) is 24.0 Å². The Balaban J connectivity index is 2.42. The summed E-state index contributed by atoms with van der Waals surface area (Å²) < 4.78 is 33.0. The standard InChI is InChI=1S/C13H15NO5S/c1-2-18-13(15)10-20(16,17)8-7-19-12-5-3-11(9-14)4-6-12/h3-6H,2,7-8,10H2,1H3. The topological polar surface area (TPSA) is 93.5 Å². The Hall–Kier alpha value is -2.07. The lowest BCUT2D eigenvalue weighted by molar-refractivity contribution is -0.139. The maximum Gasteiger partial charge on any atom is 0.321 e. The number of esters is 1. The molecule has 0 saturated heterocycles. The summed E-state index contributed by atoms with van der Waals surface area (Å²) in [6.45, 7) is 1.70. The van der Waals surface area contributed by atoms with Gasteiger partial charge in [-0.3, -0.25) is 4.79 Å². The quantitative estimate of drug-likeness (QED) is 0.695. The van der Waals surface area contributed by atoms with Crippen LogP contribution in [0.25, 0.3) is 0 Å². The van der Waals surface area contributed by atoms with Gasteiger partial charge in [0, 0.05) is 0 Å². The smallest absolute Gasteiger partial charge is 0.321 e. The van der Waals surface area contributed by atoms with Crippen molar-refractivity contribution in [3.05, 3.63) is 29.8 Å². The van der Waals surface area contributed by atoms with Crippen LogP contribution >= 0.6 is 0 Å². The molecule has 0 N–H and O–H groups in total. The van der Waals surface area contributed by atoms with Gasteiger partial charge in [-0.05, 0) is 31.2 Å². The fraction of sp³-hybridized carbons (Fsp3) is 0.385. The Morgan fingerprint density at radius 3 is 2.50 bits per heavy atom. The van der Waals surface area contributed by atoms with E-state index in [1.54, 1.807) is 31.2 Å². The Morgan fingerprint density at radius 1 is 1.30 bits per heavy atom. The summed E-state index contributed by atoms with van der Waals surface area (Å²) in [4.78, 5) is 11.1. The summed E-state index contributed by atoms with van der Waals surface area (Å²) in [5.41, 5.74) is 0.493. The predicted octanol–water partition coefficient (Wildman–Crippen LogP) is 0.915. The van der Waals surface area contributed by atoms with Crippen LogP contribution in [-0.4, -0.2) is 39.1 Å². The summed E-state index contributed by atoms with van der Waals surface area (Å²) in [6, 6.07) is 8.27. The van der Waals surface area contributed by atoms with Crippen LogP contribution in [0.5, 0.6) is 5.75 Å². The van der Waals surface area contributed by atoms with E-state index in [1.807, 2.05) is 6.07 Å². The van der Waals surface area contributed by atoms with Crippen molar-refractivity contribution in [2.45, 2.75) is 6.92 Å². The second kappa shape index (κ2) is 7.50. The summed E-state index contributed by atoms with van der Waals surface area (Å²) >= 11 is 0. The van der Waals surface area contributed by atoms with E-state index >= 15 is 0 Å². The van der Waals surface area contributed by atoms with Crippen LogP contribution in [0.1, 0.15) is 12.5 Å². The molecule has 108 valence electrons. The molecule has 0 bridgehead atoms. The molecule has 6 nitrogen and oxygen atoms in total. The number of rotatable bonds is 7. The number of ether oxygens (including phenoxy) is 2. The summed E-state index contributed by atoms with van der Waals surface area (Å²) in [5.74, 6) is -1.20. The van der Waals surface area contributed by atoms with Crippen LogP contribution in [0.4, 0.5) is 0 Å². The van der Waals surface area contributed by atoms with Gasteiger partial charge in [-0.2, -0.15) is 5.26 Å². The highest BCUT2D eigenvalue weighted by atomic mass is 32.2. The number of hydrogen-bond acceptors (Lipinski definition) is 6. The van der Waals surface area contributed by atoms with Crippen molar-refractivity contribution in [1.29, 1.82) is 5.26 Å². The van der Waals surface area contributed by atoms with E-state index in [4.69, 9.17) is 10.00 Å². The first-order chi connectivity index (χ1) is 9.46. The van der Waals surface area contributed by atoms with E-state index < -0.39 is 21.6 Å². The molecule has 1 aromatic carbocycles. The summed E-state index contributed by atoms with van der Waals surface area (Å²) in [7, 11) is -3.54. The van der Waals surface area contributed by atoms with E-state index in [0.717, 1.165) is 0 Å². The molecular weight excluding hydrogens is 282 g/mol. The molecule has 0 atom stereocenters. The zero-order chi connectivity index (χ0) is 15.0. The number of nitriles is 1. The van der Waals surface area contributed by atoms with Crippen LogP contribution in [0.15, 0.2) is 24.3 Å². The normalized spacial score (nSPS) is 10.6. The zero-order valence-corrected chi connectivity index (χ0v) is 11.9. The van der Waals surface area contributed by atoms with Crippen LogP contribution < -0.4 is 4.74 Å². The van der Waals surface area contributed by atoms with Crippen molar-refractivity contribution < 1.29 is 22.7 Å². The van der Waals surface area contributed by atoms with Crippen molar-refractivity contribution in [2.24, 2.45) is 0 Å². The third kappa shape index (κ3) is 5.71. The second-order valence-electron chi connectivity index (χ2n) is 3.88. The fourth-order valence-corrected chi connectivity index (χ4v) is 2.29. The SMILES string of the molecule is CCOC(=O)CS(=O)(=O)CCOc1ccc(C#N)cc1. The molecule has 1 aromatic rings. The molecule has 0 fully saturated rings. The molecule has 20 heavy (non-hydrogen) atoms. The van der Waals surface area contributed by atoms with Crippen molar-refractivity contribution >= 4 is 15.8 Å². The Bertz CT molecular complexity index is 586. The predicted molar refractivity (Wildman–Crippen MR) is 71.9 cm³/mol. The van der Waals surface area contributed by atoms with Crippen molar-refractivity contribution in [3.8, 4) is 11.8 Å². The number of carbonyl (C=O) groups excluding carboxylic acids is 1. The van der Waals surface area contributed by atoms with Crippen LogP contribution in [0.2, 0.25) is 0 Å². The Labute approximate surface area is 117 Å². The molecule has 0 aromatic heterocycles. The van der Waals surface area contributed by atoms with Gasteiger partial charge < -0.3 is 9.47 Å². The van der Waals surface area contributed by atoms with Crippen LogP contribution in [-0.2, 0) is 19.4 Å². The first-order valence-electron chi connectivity index (χ1n) is 5.96. The molecule has 0 aliphatic heterocycles. The molecule has 0 aliphatic carbocycles. The molecule has 0 spiro atoms. The molecule has 0 unspecified atom stereocenters. The lowest BCUT2D eigenvalue weighted by Gasteiger charge is -2.07. The van der Waals surface area contributed by atoms with Gasteiger partial charge in [0.1, 0.15) is 18.1 Å². The van der Waals surface area contributed by atoms with Crippen LogP contribution in [0, 0.1) is 11.3 Å². The lowest BCUT2D eigenvalue weighted by atomic mass is 10.2. The molecule has 1 rings (SSSR count). The molecule has 0 radical (unpaired) electrons. The van der Waals surface area contributed by atoms with Crippen molar-refractivity contribution in [2.75, 3.05) is 24.7 Å². The highest BCUT2D eigenvalue weighted by Crippen LogP contribution is 2.11. The van der Waals surface area contributed by atoms with E-state index in [0.29, 0.717) is 11.3 Å². The van der Waals surface area contributed by atoms with E-state index in [-0.39, 0.29) is 19.0 Å². The minimum atomic E-state index is -3.54. The van der Waals surface area contributed by atoms with Gasteiger partial charge in [-0.25, -0.2) is 8.42 Å². The minimum absolute atomic E-state index is 0.0619. The largest absolute Gasteiger partial charge is 0.493 e. The summed E-state index contributed by atoms with van der Waals surface area (Å²) in [5, 5.41) is 8.62. The number of nitrogens with zero attached hydrogens (tertiary/aromatic N) is 1. The molecule has 0 saturated carbocycles. The minimum Gasteiger partial charge on any atom is -0.493 e. The average molecular weight is 297 g/mol. The van der Waals surface area contributed by atoms with Gasteiger partial charge in [-0.1, -0.05) is 0 Å². The molecular formula is C13H15NO5S. The van der Waals surface area contributed by atoms with Gasteiger partial charge in [0.25, 0.3) is 0 Å². The monoisotopic (exact) mass is 297 g/mol. The average Bonchev–Trinajstić information content (AvgIpc) is 2.39. The molecule has 0 aliphatic rings. The maximum atomic E-state index is 11.6. The van der Waals surface area contributed by atoms with Gasteiger partial charge in [0.2, 0.25) is 0 Å². The van der Waals surface area contributed by atoms with Gasteiger partial charge in [0.15, 0.2) is 9.84 Å². The number of benzene rings is 1. The van der Waals surface area contributed by atoms with E-state index in [1.165, 1.54) is 0 Å². The van der Waals surface area contributed by atoms with Gasteiger partial charge >= 0.3 is 5.97 Å². The molecule has 0 amide bonds. The first kappa shape index (κ1) is 16.0. The van der Waals surface area contributed by atoms with E-state index in [2.05, 4.69) is 4.74 Å². The molecule has 7 heteroatoms. The third-order valence-corrected chi connectivity index (χ3v) is 3.75. The third-order valence-electron chi connectivity index (χ3n) is 2.29. The number of carbonyl (C=O) groups is 1. The lowest BCUT2D eigenvalue weighted by Crippen LogP contribution is -2.23. The highest BCUT2D eigenvalue weighted by molar-refractivity contribution is 7.92. The number of sulfone groups is 1. The first-order valence-corrected chi connectivity index (χ1v) is 7.78. The van der Waals surface area contributed by atoms with Crippen LogP contribution in [0.3, 0.4) is 0 Å².